The summed E-state index contributed by atoms with van der Waals surface area (Å²) in [7, 11) is 1.38. The molecule has 1 fully saturated rings. The topological polar surface area (TPSA) is 193 Å². The molecule has 5 N–H and O–H groups in total. The smallest absolute Gasteiger partial charge is 0.273 e. The van der Waals surface area contributed by atoms with E-state index in [9.17, 15) is 19.5 Å². The Bertz CT molecular complexity index is 1430. The van der Waals surface area contributed by atoms with Gasteiger partial charge in [-0.3, -0.25) is 14.4 Å². The Morgan fingerprint density at radius 2 is 2.08 bits per heavy atom. The van der Waals surface area contributed by atoms with E-state index in [1.165, 1.54) is 20.1 Å². The van der Waals surface area contributed by atoms with Crippen molar-refractivity contribution >= 4 is 34.9 Å². The van der Waals surface area contributed by atoms with Crippen LogP contribution in [-0.4, -0.2) is 63.9 Å². The number of nitrogens with one attached hydrogen (secondary N) is 4. The van der Waals surface area contributed by atoms with Crippen molar-refractivity contribution in [3.05, 3.63) is 35.8 Å². The Kier molecular flexibility index (Phi) is 6.44. The Morgan fingerprint density at radius 3 is 2.76 bits per heavy atom. The van der Waals surface area contributed by atoms with E-state index in [-0.39, 0.29) is 52.2 Å². The number of para-hydroxylation sites is 1. The third-order valence-corrected chi connectivity index (χ3v) is 5.35. The number of anilines is 3. The van der Waals surface area contributed by atoms with Crippen molar-refractivity contribution < 1.29 is 32.9 Å². The summed E-state index contributed by atoms with van der Waals surface area (Å²) in [6, 6.07) is 5.28. The molecule has 4 rings (SSSR count). The minimum atomic E-state index is -2.79. The number of amides is 3. The second kappa shape index (κ2) is 11.0. The van der Waals surface area contributed by atoms with E-state index >= 15 is 0 Å². The van der Waals surface area contributed by atoms with Crippen LogP contribution in [0.15, 0.2) is 28.8 Å². The van der Waals surface area contributed by atoms with Gasteiger partial charge in [-0.15, -0.1) is 10.2 Å². The van der Waals surface area contributed by atoms with Crippen LogP contribution >= 0.6 is 0 Å². The molecule has 1 atom stereocenters. The Labute approximate surface area is 215 Å². The normalized spacial score (nSPS) is 14.9. The van der Waals surface area contributed by atoms with Crippen LogP contribution in [0.1, 0.15) is 46.2 Å². The number of nitrogens with zero attached hydrogens (tertiary/aromatic N) is 4. The minimum absolute atomic E-state index is 0.00455. The Balaban J connectivity index is 1.70. The van der Waals surface area contributed by atoms with Gasteiger partial charge in [0.25, 0.3) is 11.8 Å². The van der Waals surface area contributed by atoms with E-state index in [0.717, 1.165) is 12.8 Å². The fourth-order valence-electron chi connectivity index (χ4n) is 3.44. The summed E-state index contributed by atoms with van der Waals surface area (Å²) in [6.45, 7) is -1.97. The number of rotatable bonds is 10. The molecule has 2 aromatic heterocycles. The van der Waals surface area contributed by atoms with Crippen molar-refractivity contribution in [1.29, 1.82) is 0 Å². The highest BCUT2D eigenvalue weighted by Crippen LogP contribution is 2.38. The molecule has 0 aliphatic heterocycles. The van der Waals surface area contributed by atoms with Gasteiger partial charge >= 0.3 is 0 Å². The molecule has 37 heavy (non-hydrogen) atoms. The van der Waals surface area contributed by atoms with Crippen LogP contribution in [0, 0.1) is 5.92 Å². The fourth-order valence-corrected chi connectivity index (χ4v) is 3.44. The van der Waals surface area contributed by atoms with Gasteiger partial charge in [-0.2, -0.15) is 4.98 Å². The SMILES string of the molecule is [2H]C([2H])([2H])NC(=O)c1nnc(NC(=O)C2CC2)cc1Nc1cccc(-c2nc([C@H](CO)NC(C)=O)no2)c1OC. The molecule has 3 amide bonds. The van der Waals surface area contributed by atoms with Crippen LogP contribution in [0.5, 0.6) is 5.75 Å². The zero-order valence-electron chi connectivity index (χ0n) is 22.9. The summed E-state index contributed by atoms with van der Waals surface area (Å²) < 4.78 is 33.0. The molecular weight excluding hydrogens is 484 g/mol. The number of methoxy groups -OCH3 is 1. The van der Waals surface area contributed by atoms with Crippen LogP contribution in [0.3, 0.4) is 0 Å². The lowest BCUT2D eigenvalue weighted by molar-refractivity contribution is -0.120. The number of aliphatic hydroxyl groups excluding tert-OH is 1. The van der Waals surface area contributed by atoms with Gasteiger partial charge in [0.05, 0.1) is 30.7 Å². The van der Waals surface area contributed by atoms with E-state index in [2.05, 4.69) is 36.3 Å². The van der Waals surface area contributed by atoms with Crippen molar-refractivity contribution in [3.8, 4) is 17.2 Å². The lowest BCUT2D eigenvalue weighted by atomic mass is 10.1. The third-order valence-electron chi connectivity index (χ3n) is 5.35. The van der Waals surface area contributed by atoms with Crippen LogP contribution in [0.25, 0.3) is 11.5 Å². The molecule has 1 aromatic carbocycles. The maximum absolute atomic E-state index is 12.7. The van der Waals surface area contributed by atoms with Crippen molar-refractivity contribution in [2.75, 3.05) is 31.3 Å². The molecular formula is C23H26N8O6. The molecule has 1 saturated carbocycles. The maximum Gasteiger partial charge on any atom is 0.273 e. The molecule has 0 radical (unpaired) electrons. The number of aromatic nitrogens is 4. The second-order valence-corrected chi connectivity index (χ2v) is 8.11. The van der Waals surface area contributed by atoms with E-state index in [1.54, 1.807) is 18.2 Å². The lowest BCUT2D eigenvalue weighted by Gasteiger charge is -2.16. The summed E-state index contributed by atoms with van der Waals surface area (Å²) in [5.74, 6) is -1.51. The van der Waals surface area contributed by atoms with Crippen molar-refractivity contribution in [3.63, 3.8) is 0 Å². The average Bonchev–Trinajstić information content (AvgIpc) is 3.63. The molecule has 194 valence electrons. The third kappa shape index (κ3) is 5.81. The predicted octanol–water partition coefficient (Wildman–Crippen LogP) is 1.16. The van der Waals surface area contributed by atoms with E-state index in [1.807, 2.05) is 5.32 Å². The number of hydrogen-bond acceptors (Lipinski definition) is 11. The van der Waals surface area contributed by atoms with Crippen LogP contribution in [0.2, 0.25) is 0 Å². The zero-order valence-corrected chi connectivity index (χ0v) is 19.9. The number of benzene rings is 1. The monoisotopic (exact) mass is 513 g/mol. The molecule has 14 nitrogen and oxygen atoms in total. The molecule has 0 saturated heterocycles. The summed E-state index contributed by atoms with van der Waals surface area (Å²) >= 11 is 0. The molecule has 1 aliphatic rings. The largest absolute Gasteiger partial charge is 0.494 e. The van der Waals surface area contributed by atoms with Crippen molar-refractivity contribution in [1.82, 2.24) is 31.0 Å². The summed E-state index contributed by atoms with van der Waals surface area (Å²) in [6.07, 6.45) is 1.52. The van der Waals surface area contributed by atoms with E-state index in [0.29, 0.717) is 5.56 Å². The first kappa shape index (κ1) is 21.7. The van der Waals surface area contributed by atoms with Gasteiger partial charge in [0.2, 0.25) is 11.8 Å². The molecule has 0 bridgehead atoms. The molecule has 2 heterocycles. The minimum Gasteiger partial charge on any atom is -0.494 e. The highest BCUT2D eigenvalue weighted by atomic mass is 16.5. The number of carbonyl (C=O) groups is 3. The quantitative estimate of drug-likeness (QED) is 0.261. The number of carbonyl (C=O) groups excluding carboxylic acids is 3. The Morgan fingerprint density at radius 1 is 1.27 bits per heavy atom. The first-order chi connectivity index (χ1) is 19.0. The molecule has 0 spiro atoms. The van der Waals surface area contributed by atoms with Crippen LogP contribution in [-0.2, 0) is 9.59 Å². The maximum atomic E-state index is 12.7. The molecule has 14 heteroatoms. The van der Waals surface area contributed by atoms with Gasteiger partial charge in [0.1, 0.15) is 6.04 Å². The highest BCUT2D eigenvalue weighted by Gasteiger charge is 2.30. The fraction of sp³-hybridized carbons (Fsp3) is 0.348. The number of ether oxygens (including phenoxy) is 1. The summed E-state index contributed by atoms with van der Waals surface area (Å²) in [5.41, 5.74) is 0.281. The lowest BCUT2D eigenvalue weighted by Crippen LogP contribution is -2.29. The first-order valence-electron chi connectivity index (χ1n) is 12.7. The summed E-state index contributed by atoms with van der Waals surface area (Å²) in [4.78, 5) is 40.7. The summed E-state index contributed by atoms with van der Waals surface area (Å²) in [5, 5.41) is 31.1. The number of hydrogen-bond donors (Lipinski definition) is 5. The second-order valence-electron chi connectivity index (χ2n) is 8.11. The van der Waals surface area contributed by atoms with Crippen molar-refractivity contribution in [2.45, 2.75) is 25.8 Å². The molecule has 1 aliphatic carbocycles. The first-order valence-corrected chi connectivity index (χ1v) is 11.2. The van der Waals surface area contributed by atoms with Crippen molar-refractivity contribution in [2.24, 2.45) is 5.92 Å². The van der Waals surface area contributed by atoms with Crippen LogP contribution < -0.4 is 26.0 Å². The Hall–Kier alpha value is -4.59. The van der Waals surface area contributed by atoms with E-state index < -0.39 is 31.4 Å². The van der Waals surface area contributed by atoms with Gasteiger partial charge in [-0.1, -0.05) is 11.2 Å². The molecule has 3 aromatic rings. The average molecular weight is 514 g/mol. The predicted molar refractivity (Wildman–Crippen MR) is 130 cm³/mol. The van der Waals surface area contributed by atoms with Gasteiger partial charge in [-0.05, 0) is 25.0 Å². The van der Waals surface area contributed by atoms with Gasteiger partial charge in [0, 0.05) is 30.0 Å². The van der Waals surface area contributed by atoms with Gasteiger partial charge in [0.15, 0.2) is 23.1 Å². The van der Waals surface area contributed by atoms with E-state index in [4.69, 9.17) is 13.4 Å². The highest BCUT2D eigenvalue weighted by molar-refractivity contribution is 6.00. The standard InChI is InChI=1S/C23H26N8O6/c1-11(33)25-16(10-32)20-28-23(37-31-20)13-5-4-6-14(19(13)36-3)26-15-9-17(27-21(34)12-7-8-12)29-30-18(15)22(35)24-2/h4-6,9,12,16,32H,7-8,10H2,1-3H3,(H,24,35)(H,25,33)(H2,26,27,29,34)/t16-/m0/s1/i2D3. The van der Waals surface area contributed by atoms with Gasteiger partial charge < -0.3 is 35.6 Å². The number of aliphatic hydroxyl groups is 1. The zero-order chi connectivity index (χ0) is 29.0. The van der Waals surface area contributed by atoms with Crippen LogP contribution in [0.4, 0.5) is 17.2 Å². The van der Waals surface area contributed by atoms with Gasteiger partial charge in [-0.25, -0.2) is 0 Å². The molecule has 0 unspecified atom stereocenters.